The van der Waals surface area contributed by atoms with Gasteiger partial charge in [-0.25, -0.2) is 0 Å². The third-order valence-corrected chi connectivity index (χ3v) is 3.83. The van der Waals surface area contributed by atoms with Crippen molar-refractivity contribution in [3.8, 4) is 0 Å². The second-order valence-electron chi connectivity index (χ2n) is 6.52. The first-order chi connectivity index (χ1) is 11.5. The lowest BCUT2D eigenvalue weighted by Gasteiger charge is -2.20. The molecule has 1 heterocycles. The van der Waals surface area contributed by atoms with Gasteiger partial charge in [-0.3, -0.25) is 9.78 Å². The maximum Gasteiger partial charge on any atom is 0.221 e. The van der Waals surface area contributed by atoms with Crippen molar-refractivity contribution in [3.05, 3.63) is 59.9 Å². The zero-order valence-electron chi connectivity index (χ0n) is 14.8. The highest BCUT2D eigenvalue weighted by Gasteiger charge is 2.13. The quantitative estimate of drug-likeness (QED) is 0.772. The Morgan fingerprint density at radius 2 is 1.88 bits per heavy atom. The second-order valence-corrected chi connectivity index (χ2v) is 6.52. The van der Waals surface area contributed by atoms with Gasteiger partial charge in [-0.1, -0.05) is 32.0 Å². The molecule has 2 aromatic rings. The van der Waals surface area contributed by atoms with Crippen LogP contribution in [-0.2, 0) is 11.2 Å². The van der Waals surface area contributed by atoms with Crippen LogP contribution in [-0.4, -0.2) is 17.4 Å². The van der Waals surface area contributed by atoms with Crippen molar-refractivity contribution in [1.29, 1.82) is 0 Å². The van der Waals surface area contributed by atoms with Crippen LogP contribution in [0.3, 0.4) is 0 Å². The maximum absolute atomic E-state index is 11.0. The van der Waals surface area contributed by atoms with Crippen molar-refractivity contribution in [3.63, 3.8) is 0 Å². The van der Waals surface area contributed by atoms with Gasteiger partial charge in [0.05, 0.1) is 5.69 Å². The first-order valence-corrected chi connectivity index (χ1v) is 8.55. The lowest BCUT2D eigenvalue weighted by atomic mass is 10.0. The van der Waals surface area contributed by atoms with E-state index in [1.54, 1.807) is 0 Å². The summed E-state index contributed by atoms with van der Waals surface area (Å²) in [6, 6.07) is 14.4. The Morgan fingerprint density at radius 3 is 2.46 bits per heavy atom. The van der Waals surface area contributed by atoms with Gasteiger partial charge < -0.3 is 10.6 Å². The monoisotopic (exact) mass is 325 g/mol. The van der Waals surface area contributed by atoms with Gasteiger partial charge in [-0.2, -0.15) is 0 Å². The normalized spacial score (nSPS) is 12.2. The Kier molecular flexibility index (Phi) is 6.94. The van der Waals surface area contributed by atoms with Gasteiger partial charge in [0, 0.05) is 24.8 Å². The standard InChI is InChI=1S/C20H27N3O/c1-15(2)14-20(19-6-4-5-12-21-19)22-13-11-17-7-9-18(10-8-17)23-16(3)24/h4-10,12,15,20,22H,11,13-14H2,1-3H3,(H,23,24)/t20-/m0/s1. The Hall–Kier alpha value is -2.20. The van der Waals surface area contributed by atoms with Crippen LogP contribution in [0.25, 0.3) is 0 Å². The second kappa shape index (κ2) is 9.18. The zero-order chi connectivity index (χ0) is 17.4. The number of pyridine rings is 1. The van der Waals surface area contributed by atoms with Gasteiger partial charge in [-0.15, -0.1) is 0 Å². The predicted molar refractivity (Wildman–Crippen MR) is 98.9 cm³/mol. The number of rotatable bonds is 8. The Morgan fingerprint density at radius 1 is 1.12 bits per heavy atom. The molecule has 1 atom stereocenters. The number of nitrogens with zero attached hydrogens (tertiary/aromatic N) is 1. The van der Waals surface area contributed by atoms with Crippen LogP contribution in [0.1, 0.15) is 44.5 Å². The van der Waals surface area contributed by atoms with Crippen molar-refractivity contribution >= 4 is 11.6 Å². The van der Waals surface area contributed by atoms with Crippen LogP contribution in [0.15, 0.2) is 48.7 Å². The summed E-state index contributed by atoms with van der Waals surface area (Å²) in [5, 5.41) is 6.42. The van der Waals surface area contributed by atoms with Crippen molar-refractivity contribution < 1.29 is 4.79 Å². The molecule has 0 spiro atoms. The minimum absolute atomic E-state index is 0.0451. The molecule has 0 aliphatic rings. The van der Waals surface area contributed by atoms with Crippen LogP contribution in [0.2, 0.25) is 0 Å². The summed E-state index contributed by atoms with van der Waals surface area (Å²) in [6.45, 7) is 6.88. The summed E-state index contributed by atoms with van der Waals surface area (Å²) in [5.41, 5.74) is 3.19. The Labute approximate surface area is 144 Å². The van der Waals surface area contributed by atoms with E-state index in [-0.39, 0.29) is 11.9 Å². The van der Waals surface area contributed by atoms with Crippen LogP contribution in [0.4, 0.5) is 5.69 Å². The number of nitrogens with one attached hydrogen (secondary N) is 2. The number of carbonyl (C=O) groups excluding carboxylic acids is 1. The molecule has 4 heteroatoms. The van der Waals surface area contributed by atoms with E-state index in [4.69, 9.17) is 0 Å². The van der Waals surface area contributed by atoms with Gasteiger partial charge >= 0.3 is 0 Å². The van der Waals surface area contributed by atoms with Crippen LogP contribution < -0.4 is 10.6 Å². The molecule has 2 rings (SSSR count). The van der Waals surface area contributed by atoms with E-state index >= 15 is 0 Å². The molecule has 0 saturated heterocycles. The van der Waals surface area contributed by atoms with Gasteiger partial charge in [-0.05, 0) is 55.1 Å². The molecule has 0 aliphatic carbocycles. The molecule has 128 valence electrons. The van der Waals surface area contributed by atoms with Crippen LogP contribution >= 0.6 is 0 Å². The smallest absolute Gasteiger partial charge is 0.221 e. The number of amides is 1. The summed E-state index contributed by atoms with van der Waals surface area (Å²) < 4.78 is 0. The average molecular weight is 325 g/mol. The summed E-state index contributed by atoms with van der Waals surface area (Å²) in [7, 11) is 0. The topological polar surface area (TPSA) is 54.0 Å². The Bertz CT molecular complexity index is 623. The molecule has 1 aromatic carbocycles. The molecule has 4 nitrogen and oxygen atoms in total. The van der Waals surface area contributed by atoms with Crippen molar-refractivity contribution in [1.82, 2.24) is 10.3 Å². The maximum atomic E-state index is 11.0. The third kappa shape index (κ3) is 6.13. The molecule has 24 heavy (non-hydrogen) atoms. The molecular weight excluding hydrogens is 298 g/mol. The summed E-state index contributed by atoms with van der Waals surface area (Å²) in [4.78, 5) is 15.5. The number of hydrogen-bond donors (Lipinski definition) is 2. The lowest BCUT2D eigenvalue weighted by molar-refractivity contribution is -0.114. The van der Waals surface area contributed by atoms with Crippen molar-refractivity contribution in [2.75, 3.05) is 11.9 Å². The minimum atomic E-state index is -0.0451. The molecule has 1 amide bonds. The van der Waals surface area contributed by atoms with Gasteiger partial charge in [0.1, 0.15) is 0 Å². The zero-order valence-corrected chi connectivity index (χ0v) is 14.8. The summed E-state index contributed by atoms with van der Waals surface area (Å²) in [6.07, 6.45) is 3.87. The molecule has 0 saturated carbocycles. The van der Waals surface area contributed by atoms with E-state index in [0.29, 0.717) is 5.92 Å². The molecule has 0 fully saturated rings. The minimum Gasteiger partial charge on any atom is -0.326 e. The number of carbonyl (C=O) groups is 1. The van der Waals surface area contributed by atoms with Crippen molar-refractivity contribution in [2.45, 2.75) is 39.7 Å². The summed E-state index contributed by atoms with van der Waals surface area (Å²) >= 11 is 0. The highest BCUT2D eigenvalue weighted by Crippen LogP contribution is 2.19. The largest absolute Gasteiger partial charge is 0.326 e. The number of benzene rings is 1. The fourth-order valence-electron chi connectivity index (χ4n) is 2.71. The average Bonchev–Trinajstić information content (AvgIpc) is 2.55. The molecule has 1 aromatic heterocycles. The number of hydrogen-bond acceptors (Lipinski definition) is 3. The molecule has 0 unspecified atom stereocenters. The SMILES string of the molecule is CC(=O)Nc1ccc(CCN[C@@H](CC(C)C)c2ccccn2)cc1. The predicted octanol–water partition coefficient (Wildman–Crippen LogP) is 3.96. The fraction of sp³-hybridized carbons (Fsp3) is 0.400. The molecular formula is C20H27N3O. The van der Waals surface area contributed by atoms with Gasteiger partial charge in [0.2, 0.25) is 5.91 Å². The first-order valence-electron chi connectivity index (χ1n) is 8.55. The molecule has 0 radical (unpaired) electrons. The van der Waals surface area contributed by atoms with Gasteiger partial charge in [0.25, 0.3) is 0 Å². The van der Waals surface area contributed by atoms with E-state index in [9.17, 15) is 4.79 Å². The van der Waals surface area contributed by atoms with E-state index in [1.807, 2.05) is 30.5 Å². The highest BCUT2D eigenvalue weighted by atomic mass is 16.1. The van der Waals surface area contributed by atoms with E-state index in [2.05, 4.69) is 47.7 Å². The van der Waals surface area contributed by atoms with E-state index in [0.717, 1.165) is 30.8 Å². The molecule has 0 bridgehead atoms. The Balaban J connectivity index is 1.89. The van der Waals surface area contributed by atoms with E-state index in [1.165, 1.54) is 12.5 Å². The van der Waals surface area contributed by atoms with Crippen LogP contribution in [0, 0.1) is 5.92 Å². The number of aromatic nitrogens is 1. The molecule has 0 aliphatic heterocycles. The molecule has 2 N–H and O–H groups in total. The van der Waals surface area contributed by atoms with Crippen molar-refractivity contribution in [2.24, 2.45) is 5.92 Å². The fourth-order valence-corrected chi connectivity index (χ4v) is 2.71. The first kappa shape index (κ1) is 18.1. The number of anilines is 1. The third-order valence-electron chi connectivity index (χ3n) is 3.83. The van der Waals surface area contributed by atoms with Crippen LogP contribution in [0.5, 0.6) is 0 Å². The van der Waals surface area contributed by atoms with Gasteiger partial charge in [0.15, 0.2) is 0 Å². The lowest BCUT2D eigenvalue weighted by Crippen LogP contribution is -2.25. The van der Waals surface area contributed by atoms with E-state index < -0.39 is 0 Å². The highest BCUT2D eigenvalue weighted by molar-refractivity contribution is 5.88. The summed E-state index contributed by atoms with van der Waals surface area (Å²) in [5.74, 6) is 0.567.